The third-order valence-corrected chi connectivity index (χ3v) is 4.05. The molecule has 0 saturated heterocycles. The summed E-state index contributed by atoms with van der Waals surface area (Å²) in [5.74, 6) is 0.113. The Bertz CT molecular complexity index is 645. The second kappa shape index (κ2) is 6.76. The third kappa shape index (κ3) is 4.08. The van der Waals surface area contributed by atoms with Crippen molar-refractivity contribution >= 4 is 22.9 Å². The largest absolute Gasteiger partial charge is 0.299 e. The van der Waals surface area contributed by atoms with Crippen LogP contribution in [0.3, 0.4) is 0 Å². The summed E-state index contributed by atoms with van der Waals surface area (Å²) in [4.78, 5) is 28.6. The van der Waals surface area contributed by atoms with E-state index in [2.05, 4.69) is 4.98 Å². The van der Waals surface area contributed by atoms with E-state index in [0.717, 1.165) is 16.1 Å². The molecule has 4 heteroatoms. The van der Waals surface area contributed by atoms with Crippen LogP contribution in [0.2, 0.25) is 0 Å². The number of aromatic nitrogens is 1. The van der Waals surface area contributed by atoms with Crippen molar-refractivity contribution in [2.75, 3.05) is 0 Å². The fourth-order valence-corrected chi connectivity index (χ4v) is 2.81. The second-order valence-corrected chi connectivity index (χ2v) is 6.48. The molecule has 0 radical (unpaired) electrons. The first kappa shape index (κ1) is 15.6. The second-order valence-electron chi connectivity index (χ2n) is 5.50. The number of ketones is 2. The van der Waals surface area contributed by atoms with Crippen molar-refractivity contribution in [1.82, 2.24) is 4.98 Å². The summed E-state index contributed by atoms with van der Waals surface area (Å²) in [5, 5.41) is 2.69. The molecule has 1 heterocycles. The number of carbonyl (C=O) groups is 2. The maximum atomic E-state index is 12.3. The lowest BCUT2D eigenvalue weighted by Gasteiger charge is -2.11. The number of hydrogen-bond acceptors (Lipinski definition) is 4. The predicted molar refractivity (Wildman–Crippen MR) is 84.9 cm³/mol. The number of hydrogen-bond donors (Lipinski definition) is 0. The average molecular weight is 301 g/mol. The Labute approximate surface area is 129 Å². The molecule has 110 valence electrons. The Kier molecular flexibility index (Phi) is 5.02. The Balaban J connectivity index is 2.19. The van der Waals surface area contributed by atoms with Crippen LogP contribution in [-0.2, 0) is 17.6 Å². The Hall–Kier alpha value is -1.81. The molecular weight excluding hydrogens is 282 g/mol. The molecule has 0 amide bonds. The number of aryl methyl sites for hydroxylation is 1. The van der Waals surface area contributed by atoms with Crippen molar-refractivity contribution in [3.05, 3.63) is 51.5 Å². The molecule has 0 aliphatic rings. The highest BCUT2D eigenvalue weighted by molar-refractivity contribution is 7.09. The van der Waals surface area contributed by atoms with Crippen LogP contribution in [0.1, 0.15) is 40.3 Å². The Morgan fingerprint density at radius 3 is 2.62 bits per heavy atom. The van der Waals surface area contributed by atoms with E-state index in [1.807, 2.05) is 44.4 Å². The van der Waals surface area contributed by atoms with E-state index in [1.54, 1.807) is 6.20 Å². The van der Waals surface area contributed by atoms with Crippen LogP contribution >= 0.6 is 11.3 Å². The molecule has 0 atom stereocenters. The van der Waals surface area contributed by atoms with E-state index >= 15 is 0 Å². The van der Waals surface area contributed by atoms with E-state index in [-0.39, 0.29) is 23.9 Å². The summed E-state index contributed by atoms with van der Waals surface area (Å²) >= 11 is 1.48. The normalized spacial score (nSPS) is 10.9. The molecule has 1 aromatic heterocycles. The van der Waals surface area contributed by atoms with Crippen LogP contribution in [-0.4, -0.2) is 16.6 Å². The molecule has 2 aromatic rings. The van der Waals surface area contributed by atoms with Crippen LogP contribution in [0.15, 0.2) is 29.8 Å². The van der Waals surface area contributed by atoms with Gasteiger partial charge >= 0.3 is 0 Å². The van der Waals surface area contributed by atoms with Crippen LogP contribution in [0.25, 0.3) is 0 Å². The van der Waals surface area contributed by atoms with Crippen molar-refractivity contribution < 1.29 is 9.59 Å². The first-order valence-corrected chi connectivity index (χ1v) is 7.89. The molecule has 0 unspecified atom stereocenters. The van der Waals surface area contributed by atoms with Gasteiger partial charge in [0, 0.05) is 29.5 Å². The number of nitrogens with zero attached hydrogens (tertiary/aromatic N) is 1. The summed E-state index contributed by atoms with van der Waals surface area (Å²) in [6, 6.07) is 5.72. The van der Waals surface area contributed by atoms with Crippen molar-refractivity contribution in [2.24, 2.45) is 5.92 Å². The highest BCUT2D eigenvalue weighted by Gasteiger charge is 2.17. The molecule has 1 aromatic carbocycles. The molecule has 0 fully saturated rings. The lowest BCUT2D eigenvalue weighted by atomic mass is 9.92. The standard InChI is InChI=1S/C17H19NO2S/c1-11(2)17(20)15-8-12(3)4-5-13(15)9-14(19)10-16-18-6-7-21-16/h4-8,11H,9-10H2,1-3H3. The molecule has 0 aliphatic heterocycles. The van der Waals surface area contributed by atoms with Crippen LogP contribution < -0.4 is 0 Å². The summed E-state index contributed by atoms with van der Waals surface area (Å²) < 4.78 is 0. The van der Waals surface area contributed by atoms with Crippen LogP contribution in [0.5, 0.6) is 0 Å². The minimum Gasteiger partial charge on any atom is -0.299 e. The third-order valence-electron chi connectivity index (χ3n) is 3.27. The predicted octanol–water partition coefficient (Wildman–Crippen LogP) is 3.64. The van der Waals surface area contributed by atoms with Gasteiger partial charge in [-0.25, -0.2) is 4.98 Å². The Morgan fingerprint density at radius 2 is 2.00 bits per heavy atom. The van der Waals surface area contributed by atoms with Crippen molar-refractivity contribution in [3.8, 4) is 0 Å². The zero-order valence-electron chi connectivity index (χ0n) is 12.6. The van der Waals surface area contributed by atoms with E-state index < -0.39 is 0 Å². The molecule has 2 rings (SSSR count). The minimum absolute atomic E-state index is 0.0698. The highest BCUT2D eigenvalue weighted by Crippen LogP contribution is 2.18. The highest BCUT2D eigenvalue weighted by atomic mass is 32.1. The molecule has 0 N–H and O–H groups in total. The van der Waals surface area contributed by atoms with Gasteiger partial charge in [-0.05, 0) is 18.6 Å². The Morgan fingerprint density at radius 1 is 1.24 bits per heavy atom. The SMILES string of the molecule is Cc1ccc(CC(=O)Cc2nccs2)c(C(=O)C(C)C)c1. The van der Waals surface area contributed by atoms with E-state index in [9.17, 15) is 9.59 Å². The maximum Gasteiger partial charge on any atom is 0.165 e. The zero-order chi connectivity index (χ0) is 15.4. The van der Waals surface area contributed by atoms with Crippen LogP contribution in [0.4, 0.5) is 0 Å². The molecule has 21 heavy (non-hydrogen) atoms. The number of thiazole rings is 1. The molecule has 0 aliphatic carbocycles. The van der Waals surface area contributed by atoms with Crippen molar-refractivity contribution in [3.63, 3.8) is 0 Å². The van der Waals surface area contributed by atoms with Gasteiger partial charge in [0.1, 0.15) is 5.78 Å². The number of benzene rings is 1. The van der Waals surface area contributed by atoms with Gasteiger partial charge in [0.15, 0.2) is 5.78 Å². The smallest absolute Gasteiger partial charge is 0.165 e. The summed E-state index contributed by atoms with van der Waals surface area (Å²) in [6.07, 6.45) is 2.32. The lowest BCUT2D eigenvalue weighted by Crippen LogP contribution is -2.14. The van der Waals surface area contributed by atoms with Gasteiger partial charge in [0.25, 0.3) is 0 Å². The number of carbonyl (C=O) groups excluding carboxylic acids is 2. The zero-order valence-corrected chi connectivity index (χ0v) is 13.4. The quantitative estimate of drug-likeness (QED) is 0.765. The molecule has 0 spiro atoms. The van der Waals surface area contributed by atoms with E-state index in [1.165, 1.54) is 11.3 Å². The number of Topliss-reactive ketones (excluding diaryl/α,β-unsaturated/α-hetero) is 2. The van der Waals surface area contributed by atoms with Gasteiger partial charge in [0.05, 0.1) is 11.4 Å². The fraction of sp³-hybridized carbons (Fsp3) is 0.353. The van der Waals surface area contributed by atoms with Gasteiger partial charge in [-0.2, -0.15) is 0 Å². The van der Waals surface area contributed by atoms with Crippen molar-refractivity contribution in [2.45, 2.75) is 33.6 Å². The summed E-state index contributed by atoms with van der Waals surface area (Å²) in [6.45, 7) is 5.72. The van der Waals surface area contributed by atoms with Crippen LogP contribution in [0, 0.1) is 12.8 Å². The van der Waals surface area contributed by atoms with Gasteiger partial charge in [-0.15, -0.1) is 11.3 Å². The summed E-state index contributed by atoms with van der Waals surface area (Å²) in [7, 11) is 0. The van der Waals surface area contributed by atoms with Gasteiger partial charge in [0.2, 0.25) is 0 Å². The lowest BCUT2D eigenvalue weighted by molar-refractivity contribution is -0.117. The van der Waals surface area contributed by atoms with E-state index in [4.69, 9.17) is 0 Å². The number of rotatable bonds is 6. The van der Waals surface area contributed by atoms with E-state index in [0.29, 0.717) is 12.0 Å². The monoisotopic (exact) mass is 301 g/mol. The maximum absolute atomic E-state index is 12.3. The minimum atomic E-state index is -0.0698. The topological polar surface area (TPSA) is 47.0 Å². The average Bonchev–Trinajstić information content (AvgIpc) is 2.92. The molecular formula is C17H19NO2S. The molecule has 3 nitrogen and oxygen atoms in total. The fourth-order valence-electron chi connectivity index (χ4n) is 2.17. The van der Waals surface area contributed by atoms with Gasteiger partial charge < -0.3 is 0 Å². The summed E-state index contributed by atoms with van der Waals surface area (Å²) in [5.41, 5.74) is 2.54. The first-order valence-electron chi connectivity index (χ1n) is 7.01. The first-order chi connectivity index (χ1) is 9.97. The molecule has 0 bridgehead atoms. The van der Waals surface area contributed by atoms with Crippen molar-refractivity contribution in [1.29, 1.82) is 0 Å². The van der Waals surface area contributed by atoms with Gasteiger partial charge in [-0.3, -0.25) is 9.59 Å². The molecule has 0 saturated carbocycles. The van der Waals surface area contributed by atoms with Gasteiger partial charge in [-0.1, -0.05) is 31.5 Å².